The van der Waals surface area contributed by atoms with E-state index in [0.29, 0.717) is 11.6 Å². The number of nitrogens with one attached hydrogen (secondary N) is 1. The third-order valence-electron chi connectivity index (χ3n) is 3.99. The second-order valence-electron chi connectivity index (χ2n) is 5.92. The molecule has 0 fully saturated rings. The highest BCUT2D eigenvalue weighted by Crippen LogP contribution is 2.19. The van der Waals surface area contributed by atoms with Gasteiger partial charge in [0.05, 0.1) is 5.69 Å². The number of hydrogen-bond donors (Lipinski definition) is 1. The van der Waals surface area contributed by atoms with Crippen LogP contribution in [-0.4, -0.2) is 15.3 Å². The largest absolute Gasteiger partial charge is 0.321 e. The highest BCUT2D eigenvalue weighted by molar-refractivity contribution is 6.04. The van der Waals surface area contributed by atoms with Crippen molar-refractivity contribution in [2.24, 2.45) is 0 Å². The third-order valence-corrected chi connectivity index (χ3v) is 3.99. The van der Waals surface area contributed by atoms with Crippen LogP contribution in [0.3, 0.4) is 0 Å². The van der Waals surface area contributed by atoms with Crippen molar-refractivity contribution in [2.45, 2.75) is 33.1 Å². The van der Waals surface area contributed by atoms with Crippen LogP contribution in [0.1, 0.15) is 48.4 Å². The lowest BCUT2D eigenvalue weighted by Gasteiger charge is -2.09. The maximum absolute atomic E-state index is 12.7. The van der Waals surface area contributed by atoms with Gasteiger partial charge in [0, 0.05) is 11.9 Å². The smallest absolute Gasteiger partial charge is 0.274 e. The zero-order valence-electron chi connectivity index (χ0n) is 13.7. The predicted octanol–water partition coefficient (Wildman–Crippen LogP) is 4.27. The Bertz CT molecular complexity index is 831. The average Bonchev–Trinajstić information content (AvgIpc) is 2.94. The van der Waals surface area contributed by atoms with Gasteiger partial charge in [-0.3, -0.25) is 9.20 Å². The number of carbonyl (C=O) groups excluding carboxylic acids is 1. The molecule has 3 rings (SSSR count). The van der Waals surface area contributed by atoms with Gasteiger partial charge in [0.2, 0.25) is 0 Å². The predicted molar refractivity (Wildman–Crippen MR) is 93.1 cm³/mol. The molecule has 0 saturated carbocycles. The van der Waals surface area contributed by atoms with Crippen molar-refractivity contribution in [3.8, 4) is 0 Å². The fourth-order valence-electron chi connectivity index (χ4n) is 2.67. The first kappa shape index (κ1) is 15.3. The Morgan fingerprint density at radius 3 is 2.57 bits per heavy atom. The number of anilines is 1. The number of pyridine rings is 1. The van der Waals surface area contributed by atoms with Gasteiger partial charge in [-0.1, -0.05) is 39.0 Å². The summed E-state index contributed by atoms with van der Waals surface area (Å²) in [6, 6.07) is 13.7. The zero-order valence-corrected chi connectivity index (χ0v) is 13.7. The first-order chi connectivity index (χ1) is 11.1. The van der Waals surface area contributed by atoms with Gasteiger partial charge in [0.15, 0.2) is 0 Å². The van der Waals surface area contributed by atoms with E-state index in [9.17, 15) is 4.79 Å². The molecule has 0 saturated heterocycles. The number of benzene rings is 1. The highest BCUT2D eigenvalue weighted by Gasteiger charge is 2.18. The number of rotatable bonds is 4. The fraction of sp³-hybridized carbons (Fsp3) is 0.263. The van der Waals surface area contributed by atoms with E-state index in [4.69, 9.17) is 0 Å². The average molecular weight is 307 g/mol. The van der Waals surface area contributed by atoms with Crippen molar-refractivity contribution in [3.63, 3.8) is 0 Å². The Labute approximate surface area is 136 Å². The van der Waals surface area contributed by atoms with Crippen LogP contribution in [0, 0.1) is 0 Å². The van der Waals surface area contributed by atoms with Crippen LogP contribution in [-0.2, 0) is 6.42 Å². The number of fused-ring (bicyclic) bond motifs is 1. The standard InChI is InChI=1S/C19H21N3O/c1-4-16-18(22-12-6-5-7-17(22)21-16)19(23)20-15-10-8-14(9-11-15)13(2)3/h5-13H,4H2,1-3H3,(H,20,23). The van der Waals surface area contributed by atoms with E-state index < -0.39 is 0 Å². The van der Waals surface area contributed by atoms with E-state index in [1.54, 1.807) is 0 Å². The summed E-state index contributed by atoms with van der Waals surface area (Å²) in [5.41, 5.74) is 4.27. The fourth-order valence-corrected chi connectivity index (χ4v) is 2.67. The minimum atomic E-state index is -0.127. The van der Waals surface area contributed by atoms with Gasteiger partial charge in [-0.15, -0.1) is 0 Å². The van der Waals surface area contributed by atoms with Crippen LogP contribution in [0.5, 0.6) is 0 Å². The summed E-state index contributed by atoms with van der Waals surface area (Å²) in [5, 5.41) is 2.98. The number of amides is 1. The monoisotopic (exact) mass is 307 g/mol. The summed E-state index contributed by atoms with van der Waals surface area (Å²) in [6.45, 7) is 6.31. The molecule has 1 amide bonds. The molecule has 0 aliphatic rings. The van der Waals surface area contributed by atoms with E-state index in [-0.39, 0.29) is 5.91 Å². The molecule has 3 aromatic rings. The molecule has 2 aromatic heterocycles. The Kier molecular flexibility index (Phi) is 4.15. The van der Waals surface area contributed by atoms with Crippen molar-refractivity contribution in [1.29, 1.82) is 0 Å². The molecule has 2 heterocycles. The molecule has 118 valence electrons. The summed E-state index contributed by atoms with van der Waals surface area (Å²) in [6.07, 6.45) is 2.59. The molecule has 1 N–H and O–H groups in total. The van der Waals surface area contributed by atoms with Gasteiger partial charge in [-0.25, -0.2) is 4.98 Å². The molecule has 0 spiro atoms. The highest BCUT2D eigenvalue weighted by atomic mass is 16.2. The molecule has 4 nitrogen and oxygen atoms in total. The van der Waals surface area contributed by atoms with Gasteiger partial charge >= 0.3 is 0 Å². The summed E-state index contributed by atoms with van der Waals surface area (Å²) >= 11 is 0. The lowest BCUT2D eigenvalue weighted by molar-refractivity contribution is 0.102. The Morgan fingerprint density at radius 1 is 1.17 bits per heavy atom. The van der Waals surface area contributed by atoms with Crippen molar-refractivity contribution < 1.29 is 4.79 Å². The quantitative estimate of drug-likeness (QED) is 0.782. The molecule has 0 atom stereocenters. The van der Waals surface area contributed by atoms with Crippen LogP contribution in [0.4, 0.5) is 5.69 Å². The second kappa shape index (κ2) is 6.24. The minimum absolute atomic E-state index is 0.127. The SMILES string of the molecule is CCc1nc2ccccn2c1C(=O)Nc1ccc(C(C)C)cc1. The molecule has 0 aliphatic heterocycles. The van der Waals surface area contributed by atoms with Crippen molar-refractivity contribution in [2.75, 3.05) is 5.32 Å². The molecule has 0 aliphatic carbocycles. The first-order valence-corrected chi connectivity index (χ1v) is 7.97. The molecule has 0 bridgehead atoms. The molecule has 4 heteroatoms. The summed E-state index contributed by atoms with van der Waals surface area (Å²) in [4.78, 5) is 17.2. The van der Waals surface area contributed by atoms with Gasteiger partial charge in [0.25, 0.3) is 5.91 Å². The van der Waals surface area contributed by atoms with Gasteiger partial charge in [-0.05, 0) is 42.2 Å². The van der Waals surface area contributed by atoms with Crippen LogP contribution < -0.4 is 5.32 Å². The van der Waals surface area contributed by atoms with E-state index >= 15 is 0 Å². The van der Waals surface area contributed by atoms with E-state index in [1.807, 2.05) is 47.9 Å². The lowest BCUT2D eigenvalue weighted by Crippen LogP contribution is -2.16. The molecule has 0 unspecified atom stereocenters. The van der Waals surface area contributed by atoms with Crippen molar-refractivity contribution in [1.82, 2.24) is 9.38 Å². The number of carbonyl (C=O) groups is 1. The summed E-state index contributed by atoms with van der Waals surface area (Å²) in [7, 11) is 0. The van der Waals surface area contributed by atoms with E-state index in [2.05, 4.69) is 36.3 Å². The number of aromatic nitrogens is 2. The molecular formula is C19H21N3O. The first-order valence-electron chi connectivity index (χ1n) is 7.97. The number of hydrogen-bond acceptors (Lipinski definition) is 2. The summed E-state index contributed by atoms with van der Waals surface area (Å²) in [5.74, 6) is 0.350. The van der Waals surface area contributed by atoms with Crippen LogP contribution in [0.25, 0.3) is 5.65 Å². The minimum Gasteiger partial charge on any atom is -0.321 e. The Morgan fingerprint density at radius 2 is 1.91 bits per heavy atom. The van der Waals surface area contributed by atoms with Crippen LogP contribution in [0.15, 0.2) is 48.7 Å². The van der Waals surface area contributed by atoms with Gasteiger partial charge in [-0.2, -0.15) is 0 Å². The molecule has 23 heavy (non-hydrogen) atoms. The number of aryl methyl sites for hydroxylation is 1. The topological polar surface area (TPSA) is 46.4 Å². The lowest BCUT2D eigenvalue weighted by atomic mass is 10.0. The van der Waals surface area contributed by atoms with Crippen molar-refractivity contribution >= 4 is 17.2 Å². The van der Waals surface area contributed by atoms with E-state index in [0.717, 1.165) is 23.4 Å². The van der Waals surface area contributed by atoms with Gasteiger partial charge < -0.3 is 5.32 Å². The van der Waals surface area contributed by atoms with Crippen molar-refractivity contribution in [3.05, 3.63) is 65.6 Å². The summed E-state index contributed by atoms with van der Waals surface area (Å²) < 4.78 is 1.84. The zero-order chi connectivity index (χ0) is 16.4. The van der Waals surface area contributed by atoms with Crippen LogP contribution in [0.2, 0.25) is 0 Å². The van der Waals surface area contributed by atoms with E-state index in [1.165, 1.54) is 5.56 Å². The maximum atomic E-state index is 12.7. The van der Waals surface area contributed by atoms with Crippen LogP contribution >= 0.6 is 0 Å². The Hall–Kier alpha value is -2.62. The third kappa shape index (κ3) is 2.97. The number of imidazole rings is 1. The second-order valence-corrected chi connectivity index (χ2v) is 5.92. The Balaban J connectivity index is 1.91. The van der Waals surface area contributed by atoms with Gasteiger partial charge in [0.1, 0.15) is 11.3 Å². The molecular weight excluding hydrogens is 286 g/mol. The molecule has 1 aromatic carbocycles. The molecule has 0 radical (unpaired) electrons. The number of nitrogens with zero attached hydrogens (tertiary/aromatic N) is 2. The normalized spacial score (nSPS) is 11.1. The maximum Gasteiger partial charge on any atom is 0.274 e.